The van der Waals surface area contributed by atoms with Crippen LogP contribution in [0.4, 0.5) is 0 Å². The van der Waals surface area contributed by atoms with E-state index >= 15 is 0 Å². The maximum absolute atomic E-state index is 10.5. The number of rotatable bonds is 1. The zero-order valence-corrected chi connectivity index (χ0v) is 10.1. The summed E-state index contributed by atoms with van der Waals surface area (Å²) in [4.78, 5) is 14.5. The van der Waals surface area contributed by atoms with Crippen molar-refractivity contribution < 1.29 is 0 Å². The van der Waals surface area contributed by atoms with Gasteiger partial charge in [0.05, 0.1) is 0 Å². The standard InChI is InChI=1S/C8H11N.C7H4O/c1-7(2)8-3-5-9-6-4-8;8-7-5-3-1-2-4-6(5)7/h3-7H,1-2H3;1-4H. The number of hydrogen-bond acceptors (Lipinski definition) is 2. The molecule has 2 heteroatoms. The average molecular weight is 225 g/mol. The zero-order valence-electron chi connectivity index (χ0n) is 10.1. The second kappa shape index (κ2) is 4.91. The molecule has 0 N–H and O–H groups in total. The normalized spacial score (nSPS) is 10.5. The minimum Gasteiger partial charge on any atom is -0.289 e. The Labute approximate surface area is 101 Å². The number of nitrogens with zero attached hydrogens (tertiary/aromatic N) is 1. The van der Waals surface area contributed by atoms with Crippen molar-refractivity contribution in [2.75, 3.05) is 0 Å². The fraction of sp³-hybridized carbons (Fsp3) is 0.200. The molecule has 86 valence electrons. The van der Waals surface area contributed by atoms with Gasteiger partial charge in [0.1, 0.15) is 0 Å². The van der Waals surface area contributed by atoms with Crippen molar-refractivity contribution in [3.63, 3.8) is 0 Å². The van der Waals surface area contributed by atoms with Crippen LogP contribution in [-0.4, -0.2) is 4.98 Å². The number of aromatic nitrogens is 1. The van der Waals surface area contributed by atoms with Crippen molar-refractivity contribution in [3.8, 4) is 0 Å². The van der Waals surface area contributed by atoms with Gasteiger partial charge < -0.3 is 0 Å². The summed E-state index contributed by atoms with van der Waals surface area (Å²) in [5.41, 5.74) is 1.57. The van der Waals surface area contributed by atoms with Gasteiger partial charge in [0, 0.05) is 23.2 Å². The topological polar surface area (TPSA) is 30.0 Å². The van der Waals surface area contributed by atoms with Gasteiger partial charge in [-0.3, -0.25) is 9.78 Å². The molecule has 0 aliphatic heterocycles. The van der Waals surface area contributed by atoms with Crippen LogP contribution in [0, 0.1) is 0 Å². The van der Waals surface area contributed by atoms with Crippen LogP contribution in [0.1, 0.15) is 25.3 Å². The Morgan fingerprint density at radius 1 is 0.941 bits per heavy atom. The summed E-state index contributed by atoms with van der Waals surface area (Å²) in [6.07, 6.45) is 3.66. The highest BCUT2D eigenvalue weighted by atomic mass is 16.1. The quantitative estimate of drug-likeness (QED) is 0.636. The van der Waals surface area contributed by atoms with E-state index in [-0.39, 0.29) is 5.43 Å². The fourth-order valence-electron chi connectivity index (χ4n) is 1.58. The van der Waals surface area contributed by atoms with Crippen LogP contribution in [0.3, 0.4) is 0 Å². The molecule has 0 amide bonds. The van der Waals surface area contributed by atoms with Gasteiger partial charge in [-0.25, -0.2) is 0 Å². The third kappa shape index (κ3) is 2.78. The van der Waals surface area contributed by atoms with E-state index in [2.05, 4.69) is 18.8 Å². The van der Waals surface area contributed by atoms with Crippen LogP contribution in [0.25, 0.3) is 10.8 Å². The molecule has 17 heavy (non-hydrogen) atoms. The molecule has 0 saturated heterocycles. The van der Waals surface area contributed by atoms with Crippen molar-refractivity contribution in [2.24, 2.45) is 0 Å². The van der Waals surface area contributed by atoms with Gasteiger partial charge in [-0.1, -0.05) is 38.1 Å². The molecule has 0 saturated carbocycles. The van der Waals surface area contributed by atoms with Crippen LogP contribution >= 0.6 is 0 Å². The van der Waals surface area contributed by atoms with E-state index in [1.807, 2.05) is 48.8 Å². The van der Waals surface area contributed by atoms with E-state index < -0.39 is 0 Å². The Kier molecular flexibility index (Phi) is 3.33. The molecular weight excluding hydrogens is 210 g/mol. The Balaban J connectivity index is 0.000000127. The Morgan fingerprint density at radius 3 is 1.82 bits per heavy atom. The van der Waals surface area contributed by atoms with Crippen molar-refractivity contribution >= 4 is 10.8 Å². The third-order valence-corrected chi connectivity index (χ3v) is 2.73. The molecule has 3 rings (SSSR count). The van der Waals surface area contributed by atoms with Gasteiger partial charge in [0.25, 0.3) is 0 Å². The molecule has 2 aromatic carbocycles. The fourth-order valence-corrected chi connectivity index (χ4v) is 1.58. The lowest BCUT2D eigenvalue weighted by molar-refractivity contribution is 0.863. The van der Waals surface area contributed by atoms with Crippen molar-refractivity contribution in [2.45, 2.75) is 19.8 Å². The highest BCUT2D eigenvalue weighted by Crippen LogP contribution is 2.11. The smallest absolute Gasteiger partial charge is 0.194 e. The SMILES string of the molecule is CC(C)c1ccncc1.O=c1c2ccccc12. The van der Waals surface area contributed by atoms with Crippen LogP contribution in [-0.2, 0) is 0 Å². The van der Waals surface area contributed by atoms with Gasteiger partial charge in [0.2, 0.25) is 0 Å². The summed E-state index contributed by atoms with van der Waals surface area (Å²) >= 11 is 0. The molecule has 2 nitrogen and oxygen atoms in total. The summed E-state index contributed by atoms with van der Waals surface area (Å²) < 4.78 is 0. The molecule has 3 aromatic rings. The third-order valence-electron chi connectivity index (χ3n) is 2.73. The van der Waals surface area contributed by atoms with Crippen molar-refractivity contribution in [3.05, 3.63) is 64.6 Å². The predicted molar refractivity (Wildman–Crippen MR) is 70.9 cm³/mol. The second-order valence-corrected chi connectivity index (χ2v) is 4.31. The zero-order chi connectivity index (χ0) is 12.3. The first-order valence-corrected chi connectivity index (χ1v) is 5.74. The summed E-state index contributed by atoms with van der Waals surface area (Å²) in [5, 5.41) is 1.79. The molecule has 0 bridgehead atoms. The van der Waals surface area contributed by atoms with Crippen LogP contribution < -0.4 is 5.43 Å². The van der Waals surface area contributed by atoms with Crippen molar-refractivity contribution in [1.29, 1.82) is 0 Å². The van der Waals surface area contributed by atoms with Crippen molar-refractivity contribution in [1.82, 2.24) is 4.98 Å². The van der Waals surface area contributed by atoms with E-state index in [0.717, 1.165) is 10.8 Å². The molecule has 0 aliphatic carbocycles. The molecular formula is C15H15NO. The first-order chi connectivity index (χ1) is 8.20. The van der Waals surface area contributed by atoms with Gasteiger partial charge in [-0.05, 0) is 23.6 Å². The van der Waals surface area contributed by atoms with Gasteiger partial charge in [-0.15, -0.1) is 0 Å². The summed E-state index contributed by atoms with van der Waals surface area (Å²) in [6, 6.07) is 11.5. The average Bonchev–Trinajstić information content (AvgIpc) is 3.03. The summed E-state index contributed by atoms with van der Waals surface area (Å²) in [7, 11) is 0. The van der Waals surface area contributed by atoms with Gasteiger partial charge in [-0.2, -0.15) is 0 Å². The Bertz CT molecular complexity index is 573. The molecule has 0 unspecified atom stereocenters. The largest absolute Gasteiger partial charge is 0.289 e. The van der Waals surface area contributed by atoms with E-state index in [4.69, 9.17) is 0 Å². The number of pyridine rings is 1. The first kappa shape index (κ1) is 11.5. The van der Waals surface area contributed by atoms with E-state index in [0.29, 0.717) is 5.92 Å². The maximum atomic E-state index is 10.5. The highest BCUT2D eigenvalue weighted by Gasteiger charge is 2.07. The first-order valence-electron chi connectivity index (χ1n) is 5.74. The molecule has 1 heterocycles. The number of benzene rings is 1. The monoisotopic (exact) mass is 225 g/mol. The molecule has 0 radical (unpaired) electrons. The Morgan fingerprint density at radius 2 is 1.47 bits per heavy atom. The van der Waals surface area contributed by atoms with Gasteiger partial charge in [0.15, 0.2) is 5.43 Å². The molecule has 0 atom stereocenters. The highest BCUT2D eigenvalue weighted by molar-refractivity contribution is 5.96. The van der Waals surface area contributed by atoms with E-state index in [1.54, 1.807) is 0 Å². The summed E-state index contributed by atoms with van der Waals surface area (Å²) in [5.74, 6) is 0.619. The molecule has 0 aliphatic rings. The van der Waals surface area contributed by atoms with Crippen LogP contribution in [0.5, 0.6) is 0 Å². The minimum absolute atomic E-state index is 0.218. The molecule has 1 aromatic heterocycles. The Hall–Kier alpha value is -1.96. The van der Waals surface area contributed by atoms with E-state index in [1.165, 1.54) is 5.56 Å². The lowest BCUT2D eigenvalue weighted by Crippen LogP contribution is -1.85. The number of hydrogen-bond donors (Lipinski definition) is 0. The molecule has 0 spiro atoms. The minimum atomic E-state index is 0.218. The van der Waals surface area contributed by atoms with Crippen LogP contribution in [0.15, 0.2) is 53.6 Å². The summed E-state index contributed by atoms with van der Waals surface area (Å²) in [6.45, 7) is 4.35. The lowest BCUT2D eigenvalue weighted by Gasteiger charge is -2.01. The maximum Gasteiger partial charge on any atom is 0.194 e. The van der Waals surface area contributed by atoms with Crippen LogP contribution in [0.2, 0.25) is 0 Å². The lowest BCUT2D eigenvalue weighted by atomic mass is 10.1. The molecule has 0 fully saturated rings. The predicted octanol–water partition coefficient (Wildman–Crippen LogP) is 3.28. The number of fused-ring (bicyclic) bond motifs is 1. The van der Waals surface area contributed by atoms with Gasteiger partial charge >= 0.3 is 0 Å². The second-order valence-electron chi connectivity index (χ2n) is 4.31. The van der Waals surface area contributed by atoms with E-state index in [9.17, 15) is 4.79 Å².